The fourth-order valence-corrected chi connectivity index (χ4v) is 4.83. The molecule has 0 aromatic heterocycles. The molecule has 2 aliphatic heterocycles. The molecule has 1 atom stereocenters. The van der Waals surface area contributed by atoms with Crippen LogP contribution in [0.25, 0.3) is 0 Å². The van der Waals surface area contributed by atoms with Crippen LogP contribution in [0.4, 0.5) is 5.69 Å². The van der Waals surface area contributed by atoms with Crippen molar-refractivity contribution in [2.24, 2.45) is 0 Å². The van der Waals surface area contributed by atoms with Gasteiger partial charge < -0.3 is 9.80 Å². The Hall–Kier alpha value is -2.56. The highest BCUT2D eigenvalue weighted by molar-refractivity contribution is 7.40. The van der Waals surface area contributed by atoms with Crippen LogP contribution in [0.3, 0.4) is 0 Å². The third kappa shape index (κ3) is 5.43. The number of carbonyl (C=O) groups excluding carboxylic acids is 3. The van der Waals surface area contributed by atoms with Crippen molar-refractivity contribution in [1.29, 1.82) is 0 Å². The number of para-hydroxylation sites is 1. The number of aryl methyl sites for hydroxylation is 2. The summed E-state index contributed by atoms with van der Waals surface area (Å²) in [6.07, 6.45) is 2.25. The summed E-state index contributed by atoms with van der Waals surface area (Å²) >= 11 is 0. The number of anilines is 1. The second kappa shape index (κ2) is 10.4. The monoisotopic (exact) mass is 451 g/mol. The molecule has 7 heteroatoms. The van der Waals surface area contributed by atoms with Crippen LogP contribution < -0.4 is 4.90 Å². The van der Waals surface area contributed by atoms with E-state index < -0.39 is 0 Å². The van der Waals surface area contributed by atoms with Crippen molar-refractivity contribution >= 4 is 32.3 Å². The van der Waals surface area contributed by atoms with E-state index in [1.165, 1.54) is 16.7 Å². The SMILES string of the molecule is O=C(P)CN1CCN(C(=O)CCC(=O)N2Cc3ccccc3CCc3ccccc32)CC1. The number of hydrogen-bond acceptors (Lipinski definition) is 4. The molecule has 0 spiro atoms. The zero-order chi connectivity index (χ0) is 22.5. The van der Waals surface area contributed by atoms with Gasteiger partial charge in [0, 0.05) is 44.7 Å². The maximum atomic E-state index is 13.3. The third-order valence-electron chi connectivity index (χ3n) is 6.35. The van der Waals surface area contributed by atoms with Gasteiger partial charge in [0.05, 0.1) is 13.1 Å². The molecule has 2 aliphatic rings. The molecule has 0 radical (unpaired) electrons. The smallest absolute Gasteiger partial charge is 0.227 e. The van der Waals surface area contributed by atoms with E-state index in [0.29, 0.717) is 39.3 Å². The molecule has 32 heavy (non-hydrogen) atoms. The van der Waals surface area contributed by atoms with Gasteiger partial charge in [-0.15, -0.1) is 0 Å². The van der Waals surface area contributed by atoms with Crippen molar-refractivity contribution in [1.82, 2.24) is 9.80 Å². The Morgan fingerprint density at radius 2 is 1.34 bits per heavy atom. The van der Waals surface area contributed by atoms with Crippen LogP contribution in [0.1, 0.15) is 29.5 Å². The van der Waals surface area contributed by atoms with Crippen molar-refractivity contribution < 1.29 is 14.4 Å². The lowest BCUT2D eigenvalue weighted by molar-refractivity contribution is -0.134. The molecule has 0 saturated carbocycles. The van der Waals surface area contributed by atoms with Crippen molar-refractivity contribution in [3.63, 3.8) is 0 Å². The Morgan fingerprint density at radius 1 is 0.750 bits per heavy atom. The first-order valence-corrected chi connectivity index (χ1v) is 11.8. The number of hydrogen-bond donors (Lipinski definition) is 0. The van der Waals surface area contributed by atoms with Crippen LogP contribution in [-0.2, 0) is 33.8 Å². The van der Waals surface area contributed by atoms with Crippen molar-refractivity contribution in [2.45, 2.75) is 32.2 Å². The second-order valence-corrected chi connectivity index (χ2v) is 9.14. The van der Waals surface area contributed by atoms with Gasteiger partial charge >= 0.3 is 0 Å². The van der Waals surface area contributed by atoms with Gasteiger partial charge in [0.15, 0.2) is 5.52 Å². The van der Waals surface area contributed by atoms with Gasteiger partial charge in [-0.05, 0) is 35.6 Å². The molecule has 2 heterocycles. The molecule has 2 aromatic rings. The molecule has 0 aliphatic carbocycles. The van der Waals surface area contributed by atoms with Gasteiger partial charge in [0.1, 0.15) is 0 Å². The number of nitrogens with zero attached hydrogens (tertiary/aromatic N) is 3. The maximum absolute atomic E-state index is 13.3. The lowest BCUT2D eigenvalue weighted by Crippen LogP contribution is -2.49. The largest absolute Gasteiger partial charge is 0.340 e. The van der Waals surface area contributed by atoms with E-state index in [-0.39, 0.29) is 30.2 Å². The molecule has 2 aromatic carbocycles. The average Bonchev–Trinajstić information content (AvgIpc) is 2.79. The Morgan fingerprint density at radius 3 is 2.06 bits per heavy atom. The molecule has 1 saturated heterocycles. The van der Waals surface area contributed by atoms with Gasteiger partial charge in [-0.3, -0.25) is 19.3 Å². The summed E-state index contributed by atoms with van der Waals surface area (Å²) in [5.74, 6) is -0.00864. The molecule has 0 N–H and O–H groups in total. The van der Waals surface area contributed by atoms with Crippen LogP contribution in [0, 0.1) is 0 Å². The van der Waals surface area contributed by atoms with E-state index >= 15 is 0 Å². The average molecular weight is 452 g/mol. The van der Waals surface area contributed by atoms with E-state index in [9.17, 15) is 14.4 Å². The molecule has 6 nitrogen and oxygen atoms in total. The van der Waals surface area contributed by atoms with Crippen LogP contribution in [0.2, 0.25) is 0 Å². The topological polar surface area (TPSA) is 60.9 Å². The Balaban J connectivity index is 1.41. The lowest BCUT2D eigenvalue weighted by atomic mass is 9.95. The summed E-state index contributed by atoms with van der Waals surface area (Å²) in [6, 6.07) is 16.4. The van der Waals surface area contributed by atoms with Crippen LogP contribution >= 0.6 is 9.24 Å². The molecule has 4 rings (SSSR count). The first-order chi connectivity index (χ1) is 15.5. The number of rotatable bonds is 5. The fraction of sp³-hybridized carbons (Fsp3) is 0.400. The van der Waals surface area contributed by atoms with Crippen LogP contribution in [-0.4, -0.2) is 59.9 Å². The summed E-state index contributed by atoms with van der Waals surface area (Å²) in [4.78, 5) is 43.0. The third-order valence-corrected chi connectivity index (χ3v) is 6.53. The number of amides is 2. The quantitative estimate of drug-likeness (QED) is 0.656. The molecule has 2 amide bonds. The van der Waals surface area contributed by atoms with Crippen molar-refractivity contribution in [3.05, 3.63) is 65.2 Å². The summed E-state index contributed by atoms with van der Waals surface area (Å²) in [5, 5.41) is 0. The number of benzene rings is 2. The second-order valence-electron chi connectivity index (χ2n) is 8.50. The predicted octanol–water partition coefficient (Wildman–Crippen LogP) is 2.64. The number of piperazine rings is 1. The number of carbonyl (C=O) groups is 3. The first-order valence-electron chi connectivity index (χ1n) is 11.2. The van der Waals surface area contributed by atoms with Gasteiger partial charge in [-0.1, -0.05) is 51.7 Å². The zero-order valence-corrected chi connectivity index (χ0v) is 19.5. The van der Waals surface area contributed by atoms with Gasteiger partial charge in [0.25, 0.3) is 0 Å². The van der Waals surface area contributed by atoms with Crippen LogP contribution in [0.15, 0.2) is 48.5 Å². The molecular formula is C25H30N3O3P. The normalized spacial score (nSPS) is 16.5. The molecular weight excluding hydrogens is 421 g/mol. The van der Waals surface area contributed by atoms with E-state index in [0.717, 1.165) is 18.5 Å². The zero-order valence-electron chi connectivity index (χ0n) is 18.3. The van der Waals surface area contributed by atoms with Crippen molar-refractivity contribution in [3.8, 4) is 0 Å². The first kappa shape index (κ1) is 22.6. The van der Waals surface area contributed by atoms with Crippen molar-refractivity contribution in [2.75, 3.05) is 37.6 Å². The van der Waals surface area contributed by atoms with Gasteiger partial charge in [-0.25, -0.2) is 0 Å². The summed E-state index contributed by atoms with van der Waals surface area (Å²) in [6.45, 7) is 3.52. The Bertz CT molecular complexity index is 1000. The predicted molar refractivity (Wildman–Crippen MR) is 128 cm³/mol. The Kier molecular flexibility index (Phi) is 7.33. The van der Waals surface area contributed by atoms with Crippen LogP contribution in [0.5, 0.6) is 0 Å². The fourth-order valence-electron chi connectivity index (χ4n) is 4.57. The highest BCUT2D eigenvalue weighted by atomic mass is 31.0. The maximum Gasteiger partial charge on any atom is 0.227 e. The minimum atomic E-state index is -0.0188. The van der Waals surface area contributed by atoms with E-state index in [1.54, 1.807) is 0 Å². The summed E-state index contributed by atoms with van der Waals surface area (Å²) in [5.41, 5.74) is 4.63. The molecule has 0 bridgehead atoms. The van der Waals surface area contributed by atoms with Gasteiger partial charge in [0.2, 0.25) is 11.8 Å². The molecule has 1 unspecified atom stereocenters. The van der Waals surface area contributed by atoms with E-state index in [1.807, 2.05) is 40.1 Å². The highest BCUT2D eigenvalue weighted by Gasteiger charge is 2.25. The minimum absolute atomic E-state index is 0.0101. The summed E-state index contributed by atoms with van der Waals surface area (Å²) < 4.78 is 0. The summed E-state index contributed by atoms with van der Waals surface area (Å²) in [7, 11) is 2.20. The lowest BCUT2D eigenvalue weighted by Gasteiger charge is -2.34. The Labute approximate surface area is 191 Å². The molecule has 168 valence electrons. The molecule has 1 fully saturated rings. The standard InChI is InChI=1S/C25H30N3O3P/c29-23(27-15-13-26(14-16-27)18-25(31)32)11-12-24(30)28-17-21-7-2-1-5-19(21)9-10-20-6-3-4-8-22(20)28/h1-8H,9-18,32H2. The number of fused-ring (bicyclic) bond motifs is 2. The van der Waals surface area contributed by atoms with E-state index in [4.69, 9.17) is 0 Å². The highest BCUT2D eigenvalue weighted by Crippen LogP contribution is 2.29. The van der Waals surface area contributed by atoms with E-state index in [2.05, 4.69) is 32.3 Å². The van der Waals surface area contributed by atoms with Gasteiger partial charge in [-0.2, -0.15) is 0 Å². The minimum Gasteiger partial charge on any atom is -0.340 e.